The summed E-state index contributed by atoms with van der Waals surface area (Å²) in [5.74, 6) is -0.540. The van der Waals surface area contributed by atoms with E-state index in [2.05, 4.69) is 15.2 Å². The monoisotopic (exact) mass is 447 g/mol. The summed E-state index contributed by atoms with van der Waals surface area (Å²) in [5, 5.41) is 2.56. The third kappa shape index (κ3) is 8.55. The summed E-state index contributed by atoms with van der Waals surface area (Å²) in [7, 11) is -3.57. The van der Waals surface area contributed by atoms with Crippen molar-refractivity contribution in [2.24, 2.45) is 0 Å². The van der Waals surface area contributed by atoms with Crippen LogP contribution in [-0.4, -0.2) is 56.2 Å². The highest BCUT2D eigenvalue weighted by Crippen LogP contribution is 2.15. The first-order chi connectivity index (χ1) is 15.0. The third-order valence-corrected chi connectivity index (χ3v) is 6.28. The van der Waals surface area contributed by atoms with Gasteiger partial charge in [0.25, 0.3) is 0 Å². The van der Waals surface area contributed by atoms with Gasteiger partial charge in [-0.1, -0.05) is 12.5 Å². The van der Waals surface area contributed by atoms with Gasteiger partial charge in [0.15, 0.2) is 9.84 Å². The lowest BCUT2D eigenvalue weighted by molar-refractivity contribution is -0.118. The van der Waals surface area contributed by atoms with Gasteiger partial charge in [-0.3, -0.25) is 9.69 Å². The van der Waals surface area contributed by atoms with Gasteiger partial charge in [-0.2, -0.15) is 0 Å². The first kappa shape index (κ1) is 23.0. The highest BCUT2D eigenvalue weighted by Gasteiger charge is 2.18. The van der Waals surface area contributed by atoms with E-state index in [1.54, 1.807) is 30.5 Å². The Morgan fingerprint density at radius 3 is 2.84 bits per heavy atom. The maximum Gasteiger partial charge on any atom is 0.235 e. The zero-order valence-corrected chi connectivity index (χ0v) is 18.4. The van der Waals surface area contributed by atoms with Crippen molar-refractivity contribution in [1.82, 2.24) is 15.2 Å². The molecule has 1 amide bonds. The van der Waals surface area contributed by atoms with Crippen LogP contribution in [0.5, 0.6) is 5.88 Å². The van der Waals surface area contributed by atoms with Gasteiger partial charge < -0.3 is 14.5 Å². The van der Waals surface area contributed by atoms with E-state index >= 15 is 0 Å². The Morgan fingerprint density at radius 2 is 2.06 bits per heavy atom. The molecular formula is C22H29N3O5S. The normalized spacial score (nSPS) is 15.2. The molecule has 0 radical (unpaired) electrons. The molecule has 9 heteroatoms. The van der Waals surface area contributed by atoms with Crippen LogP contribution in [0.4, 0.5) is 0 Å². The van der Waals surface area contributed by atoms with Crippen molar-refractivity contribution in [3.8, 4) is 5.88 Å². The topological polar surface area (TPSA) is 102 Å². The van der Waals surface area contributed by atoms with Crippen LogP contribution in [0, 0.1) is 0 Å². The van der Waals surface area contributed by atoms with Crippen LogP contribution < -0.4 is 10.1 Å². The number of piperidine rings is 1. The van der Waals surface area contributed by atoms with E-state index in [9.17, 15) is 13.2 Å². The molecule has 3 rings (SSSR count). The van der Waals surface area contributed by atoms with Crippen LogP contribution in [0.15, 0.2) is 53.3 Å². The lowest BCUT2D eigenvalue weighted by Crippen LogP contribution is -2.30. The molecule has 1 saturated heterocycles. The third-order valence-electron chi connectivity index (χ3n) is 4.86. The van der Waals surface area contributed by atoms with Crippen molar-refractivity contribution >= 4 is 15.7 Å². The summed E-state index contributed by atoms with van der Waals surface area (Å²) in [6.07, 6.45) is 10.5. The minimum Gasteiger partial charge on any atom is -0.473 e. The Hall–Kier alpha value is -2.65. The van der Waals surface area contributed by atoms with E-state index in [4.69, 9.17) is 9.15 Å². The van der Waals surface area contributed by atoms with E-state index in [-0.39, 0.29) is 12.3 Å². The average Bonchev–Trinajstić information content (AvgIpc) is 3.23. The van der Waals surface area contributed by atoms with Gasteiger partial charge >= 0.3 is 0 Å². The highest BCUT2D eigenvalue weighted by atomic mass is 32.2. The molecule has 1 aliphatic rings. The quantitative estimate of drug-likeness (QED) is 0.528. The molecule has 0 spiro atoms. The van der Waals surface area contributed by atoms with Gasteiger partial charge in [-0.15, -0.1) is 0 Å². The summed E-state index contributed by atoms with van der Waals surface area (Å²) >= 11 is 0. The van der Waals surface area contributed by atoms with Crippen LogP contribution in [0.3, 0.4) is 0 Å². The first-order valence-electron chi connectivity index (χ1n) is 10.4. The smallest absolute Gasteiger partial charge is 0.235 e. The van der Waals surface area contributed by atoms with Gasteiger partial charge in [-0.05, 0) is 55.8 Å². The van der Waals surface area contributed by atoms with Crippen molar-refractivity contribution in [2.45, 2.75) is 31.6 Å². The molecule has 31 heavy (non-hydrogen) atoms. The molecule has 0 bridgehead atoms. The van der Waals surface area contributed by atoms with Gasteiger partial charge in [-0.25, -0.2) is 13.4 Å². The number of amides is 1. The second kappa shape index (κ2) is 11.7. The molecule has 3 heterocycles. The molecule has 1 N–H and O–H groups in total. The Morgan fingerprint density at radius 1 is 1.23 bits per heavy atom. The fourth-order valence-electron chi connectivity index (χ4n) is 3.37. The number of carbonyl (C=O) groups excluding carboxylic acids is 1. The van der Waals surface area contributed by atoms with Crippen LogP contribution in [0.25, 0.3) is 0 Å². The fourth-order valence-corrected chi connectivity index (χ4v) is 4.58. The molecule has 1 fully saturated rings. The number of nitrogens with zero attached hydrogens (tertiary/aromatic N) is 2. The summed E-state index contributed by atoms with van der Waals surface area (Å²) in [5.41, 5.74) is 1.18. The number of furan rings is 1. The van der Waals surface area contributed by atoms with Crippen LogP contribution in [0.2, 0.25) is 0 Å². The second-order valence-electron chi connectivity index (χ2n) is 7.54. The van der Waals surface area contributed by atoms with Crippen molar-refractivity contribution < 1.29 is 22.4 Å². The molecule has 2 aromatic heterocycles. The van der Waals surface area contributed by atoms with Crippen molar-refractivity contribution in [1.29, 1.82) is 0 Å². The highest BCUT2D eigenvalue weighted by molar-refractivity contribution is 7.91. The van der Waals surface area contributed by atoms with E-state index in [0.717, 1.165) is 19.6 Å². The molecule has 0 aliphatic carbocycles. The van der Waals surface area contributed by atoms with Crippen LogP contribution >= 0.6 is 0 Å². The van der Waals surface area contributed by atoms with Crippen LogP contribution in [0.1, 0.15) is 30.6 Å². The summed E-state index contributed by atoms with van der Waals surface area (Å²) in [6.45, 7) is 3.71. The minimum absolute atomic E-state index is 0.223. The maximum absolute atomic E-state index is 12.0. The lowest BCUT2D eigenvalue weighted by Gasteiger charge is -2.26. The minimum atomic E-state index is -3.57. The van der Waals surface area contributed by atoms with Crippen molar-refractivity contribution in [3.05, 3.63) is 60.2 Å². The lowest BCUT2D eigenvalue weighted by atomic mass is 10.1. The molecule has 0 atom stereocenters. The zero-order chi connectivity index (χ0) is 21.9. The molecule has 168 valence electrons. The Balaban J connectivity index is 1.34. The SMILES string of the molecule is O=C(CS(=O)(=O)Cc1ccco1)NC/C=C\COc1cc(CN2CCCCC2)ccn1. The first-order valence-corrected chi connectivity index (χ1v) is 12.3. The molecule has 0 aromatic carbocycles. The second-order valence-corrected chi connectivity index (χ2v) is 9.60. The molecule has 8 nitrogen and oxygen atoms in total. The number of hydrogen-bond acceptors (Lipinski definition) is 7. The number of pyridine rings is 1. The summed E-state index contributed by atoms with van der Waals surface area (Å²) < 4.78 is 34.6. The summed E-state index contributed by atoms with van der Waals surface area (Å²) in [4.78, 5) is 18.5. The van der Waals surface area contributed by atoms with Gasteiger partial charge in [0.2, 0.25) is 11.8 Å². The molecule has 1 aliphatic heterocycles. The van der Waals surface area contributed by atoms with E-state index in [0.29, 0.717) is 18.2 Å². The average molecular weight is 448 g/mol. The van der Waals surface area contributed by atoms with Gasteiger partial charge in [0.05, 0.1) is 6.26 Å². The zero-order valence-electron chi connectivity index (χ0n) is 17.5. The molecule has 0 unspecified atom stereocenters. The largest absolute Gasteiger partial charge is 0.473 e. The maximum atomic E-state index is 12.0. The number of hydrogen-bond donors (Lipinski definition) is 1. The predicted octanol–water partition coefficient (Wildman–Crippen LogP) is 2.33. The number of aromatic nitrogens is 1. The summed E-state index contributed by atoms with van der Waals surface area (Å²) in [6, 6.07) is 7.13. The van der Waals surface area contributed by atoms with Crippen molar-refractivity contribution in [3.63, 3.8) is 0 Å². The Kier molecular flexibility index (Phi) is 8.66. The van der Waals surface area contributed by atoms with Gasteiger partial charge in [0.1, 0.15) is 23.9 Å². The van der Waals surface area contributed by atoms with E-state index in [1.165, 1.54) is 31.1 Å². The number of sulfone groups is 1. The van der Waals surface area contributed by atoms with Gasteiger partial charge in [0, 0.05) is 25.4 Å². The Bertz CT molecular complexity index is 951. The number of rotatable bonds is 11. The number of ether oxygens (including phenoxy) is 1. The number of nitrogens with one attached hydrogen (secondary N) is 1. The van der Waals surface area contributed by atoms with E-state index in [1.807, 2.05) is 12.1 Å². The fraction of sp³-hybridized carbons (Fsp3) is 0.455. The number of likely N-dealkylation sites (tertiary alicyclic amines) is 1. The van der Waals surface area contributed by atoms with Crippen molar-refractivity contribution in [2.75, 3.05) is 32.0 Å². The van der Waals surface area contributed by atoms with Crippen LogP contribution in [-0.2, 0) is 26.9 Å². The molecular weight excluding hydrogens is 418 g/mol. The molecule has 2 aromatic rings. The standard InChI is InChI=1S/C22H29N3O5S/c26-21(18-31(27,28)17-20-7-6-14-29-20)23-9-2-5-13-30-22-15-19(8-10-24-22)16-25-11-3-1-4-12-25/h2,5-8,10,14-15H,1,3-4,9,11-13,16-18H2,(H,23,26)/b5-2-. The Labute approximate surface area is 183 Å². The number of carbonyl (C=O) groups is 1. The van der Waals surface area contributed by atoms with E-state index < -0.39 is 21.5 Å². The molecule has 0 saturated carbocycles. The predicted molar refractivity (Wildman–Crippen MR) is 117 cm³/mol.